The highest BCUT2D eigenvalue weighted by Gasteiger charge is 2.36. The van der Waals surface area contributed by atoms with Crippen LogP contribution in [0.1, 0.15) is 42.4 Å². The molecule has 2 N–H and O–H groups in total. The van der Waals surface area contributed by atoms with E-state index in [9.17, 15) is 4.79 Å². The molecule has 1 aliphatic rings. The molecule has 2 aromatic carbocycles. The number of rotatable bonds is 3. The largest absolute Gasteiger partial charge is 0.361 e. The van der Waals surface area contributed by atoms with E-state index < -0.39 is 0 Å². The first-order valence-corrected chi connectivity index (χ1v) is 8.45. The molecule has 4 heteroatoms. The van der Waals surface area contributed by atoms with Gasteiger partial charge in [-0.15, -0.1) is 0 Å². The van der Waals surface area contributed by atoms with Crippen LogP contribution in [-0.2, 0) is 0 Å². The Hall–Kier alpha value is -2.75. The van der Waals surface area contributed by atoms with Gasteiger partial charge in [-0.2, -0.15) is 0 Å². The zero-order chi connectivity index (χ0) is 16.7. The average molecular weight is 319 g/mol. The lowest BCUT2D eigenvalue weighted by Gasteiger charge is -2.41. The first-order valence-electron chi connectivity index (χ1n) is 8.45. The number of amides is 1. The molecular weight excluding hydrogens is 298 g/mol. The molecule has 4 nitrogen and oxygen atoms in total. The van der Waals surface area contributed by atoms with Gasteiger partial charge in [-0.25, -0.2) is 0 Å². The molecule has 1 aromatic heterocycles. The van der Waals surface area contributed by atoms with Crippen LogP contribution in [-0.4, -0.2) is 21.8 Å². The third-order valence-corrected chi connectivity index (χ3v) is 4.94. The van der Waals surface area contributed by atoms with Gasteiger partial charge < -0.3 is 15.2 Å². The van der Waals surface area contributed by atoms with Crippen molar-refractivity contribution in [1.82, 2.24) is 9.88 Å². The van der Waals surface area contributed by atoms with Crippen LogP contribution in [0.25, 0.3) is 10.9 Å². The van der Waals surface area contributed by atoms with Gasteiger partial charge in [-0.05, 0) is 31.5 Å². The monoisotopic (exact) mass is 319 g/mol. The van der Waals surface area contributed by atoms with Crippen molar-refractivity contribution in [3.8, 4) is 0 Å². The SMILES string of the molecule is CC[C@@H](C)N1C(=O)c2ccccc2N[C@H]1c1c[nH]c2ccccc12. The van der Waals surface area contributed by atoms with Crippen molar-refractivity contribution in [2.24, 2.45) is 0 Å². The first-order chi connectivity index (χ1) is 11.7. The number of para-hydroxylation sites is 2. The number of nitrogens with one attached hydrogen (secondary N) is 2. The predicted octanol–water partition coefficient (Wildman–Crippen LogP) is 4.53. The number of fused-ring (bicyclic) bond motifs is 2. The summed E-state index contributed by atoms with van der Waals surface area (Å²) in [5.41, 5.74) is 3.84. The summed E-state index contributed by atoms with van der Waals surface area (Å²) in [4.78, 5) is 18.4. The smallest absolute Gasteiger partial charge is 0.258 e. The molecule has 0 fully saturated rings. The average Bonchev–Trinajstić information content (AvgIpc) is 3.05. The lowest BCUT2D eigenvalue weighted by molar-refractivity contribution is 0.0595. The molecule has 0 radical (unpaired) electrons. The molecule has 0 saturated carbocycles. The van der Waals surface area contributed by atoms with Crippen LogP contribution in [0.15, 0.2) is 54.7 Å². The molecule has 0 saturated heterocycles. The van der Waals surface area contributed by atoms with E-state index >= 15 is 0 Å². The third-order valence-electron chi connectivity index (χ3n) is 4.94. The Morgan fingerprint density at radius 1 is 1.12 bits per heavy atom. The Morgan fingerprint density at radius 3 is 2.71 bits per heavy atom. The van der Waals surface area contributed by atoms with Crippen LogP contribution >= 0.6 is 0 Å². The van der Waals surface area contributed by atoms with E-state index in [0.717, 1.165) is 34.1 Å². The Balaban J connectivity index is 1.87. The number of hydrogen-bond donors (Lipinski definition) is 2. The van der Waals surface area contributed by atoms with Crippen LogP contribution in [0.4, 0.5) is 5.69 Å². The second-order valence-electron chi connectivity index (χ2n) is 6.35. The number of nitrogens with zero attached hydrogens (tertiary/aromatic N) is 1. The van der Waals surface area contributed by atoms with E-state index in [1.54, 1.807) is 0 Å². The van der Waals surface area contributed by atoms with Gasteiger partial charge in [0.15, 0.2) is 0 Å². The number of H-pyrrole nitrogens is 1. The molecule has 3 aromatic rings. The minimum Gasteiger partial charge on any atom is -0.361 e. The number of aromatic amines is 1. The fourth-order valence-corrected chi connectivity index (χ4v) is 3.47. The van der Waals surface area contributed by atoms with Crippen molar-refractivity contribution < 1.29 is 4.79 Å². The van der Waals surface area contributed by atoms with Crippen molar-refractivity contribution in [2.75, 3.05) is 5.32 Å². The Morgan fingerprint density at radius 2 is 1.88 bits per heavy atom. The molecule has 0 aliphatic carbocycles. The van der Waals surface area contributed by atoms with Crippen molar-refractivity contribution in [3.05, 3.63) is 65.9 Å². The highest BCUT2D eigenvalue weighted by Crippen LogP contribution is 2.37. The van der Waals surface area contributed by atoms with Crippen LogP contribution < -0.4 is 5.32 Å². The van der Waals surface area contributed by atoms with E-state index in [1.165, 1.54) is 0 Å². The molecule has 0 unspecified atom stereocenters. The van der Waals surface area contributed by atoms with Gasteiger partial charge in [0, 0.05) is 34.4 Å². The highest BCUT2D eigenvalue weighted by atomic mass is 16.2. The summed E-state index contributed by atoms with van der Waals surface area (Å²) in [6.45, 7) is 4.22. The highest BCUT2D eigenvalue weighted by molar-refractivity contribution is 6.02. The summed E-state index contributed by atoms with van der Waals surface area (Å²) < 4.78 is 0. The number of aromatic nitrogens is 1. The number of benzene rings is 2. The zero-order valence-electron chi connectivity index (χ0n) is 13.9. The molecule has 24 heavy (non-hydrogen) atoms. The van der Waals surface area contributed by atoms with Gasteiger partial charge in [-0.1, -0.05) is 37.3 Å². The number of anilines is 1. The summed E-state index contributed by atoms with van der Waals surface area (Å²) in [6, 6.07) is 16.1. The predicted molar refractivity (Wildman–Crippen MR) is 97.0 cm³/mol. The third kappa shape index (κ3) is 2.18. The maximum Gasteiger partial charge on any atom is 0.258 e. The maximum absolute atomic E-state index is 13.1. The Labute approximate surface area is 141 Å². The molecule has 2 heterocycles. The Kier molecular flexibility index (Phi) is 3.53. The molecule has 0 spiro atoms. The second-order valence-corrected chi connectivity index (χ2v) is 6.35. The molecule has 4 rings (SSSR count). The lowest BCUT2D eigenvalue weighted by atomic mass is 10.0. The number of carbonyl (C=O) groups excluding carboxylic acids is 1. The fourth-order valence-electron chi connectivity index (χ4n) is 3.47. The lowest BCUT2D eigenvalue weighted by Crippen LogP contribution is -2.47. The van der Waals surface area contributed by atoms with Gasteiger partial charge in [0.05, 0.1) is 5.56 Å². The summed E-state index contributed by atoms with van der Waals surface area (Å²) in [7, 11) is 0. The zero-order valence-corrected chi connectivity index (χ0v) is 13.9. The normalized spacial score (nSPS) is 18.3. The quantitative estimate of drug-likeness (QED) is 0.745. The van der Waals surface area contributed by atoms with E-state index in [2.05, 4.69) is 36.3 Å². The van der Waals surface area contributed by atoms with Crippen LogP contribution in [0.5, 0.6) is 0 Å². The van der Waals surface area contributed by atoms with Crippen molar-refractivity contribution >= 4 is 22.5 Å². The number of carbonyl (C=O) groups is 1. The summed E-state index contributed by atoms with van der Waals surface area (Å²) in [5.74, 6) is 0.0916. The van der Waals surface area contributed by atoms with Gasteiger partial charge in [-0.3, -0.25) is 4.79 Å². The van der Waals surface area contributed by atoms with Crippen LogP contribution in [0, 0.1) is 0 Å². The molecule has 1 amide bonds. The van der Waals surface area contributed by atoms with Crippen molar-refractivity contribution in [2.45, 2.75) is 32.5 Å². The number of hydrogen-bond acceptors (Lipinski definition) is 2. The van der Waals surface area contributed by atoms with Crippen LogP contribution in [0.2, 0.25) is 0 Å². The standard InChI is InChI=1S/C20H21N3O/c1-3-13(2)23-19(16-12-21-17-10-6-4-8-14(16)17)22-18-11-7-5-9-15(18)20(23)24/h4-13,19,21-22H,3H2,1-2H3/t13-,19-/m1/s1. The van der Waals surface area contributed by atoms with Gasteiger partial charge in [0.2, 0.25) is 0 Å². The second kappa shape index (κ2) is 5.71. The first kappa shape index (κ1) is 14.8. The summed E-state index contributed by atoms with van der Waals surface area (Å²) >= 11 is 0. The van der Waals surface area contributed by atoms with Crippen LogP contribution in [0.3, 0.4) is 0 Å². The van der Waals surface area contributed by atoms with Gasteiger partial charge in [0.25, 0.3) is 5.91 Å². The van der Waals surface area contributed by atoms with E-state index in [0.29, 0.717) is 0 Å². The molecule has 122 valence electrons. The molecule has 2 atom stereocenters. The summed E-state index contributed by atoms with van der Waals surface area (Å²) in [6.07, 6.45) is 2.76. The van der Waals surface area contributed by atoms with Gasteiger partial charge in [0.1, 0.15) is 6.17 Å². The molecule has 1 aliphatic heterocycles. The maximum atomic E-state index is 13.1. The van der Waals surface area contributed by atoms with Crippen molar-refractivity contribution in [3.63, 3.8) is 0 Å². The Bertz CT molecular complexity index is 899. The van der Waals surface area contributed by atoms with Gasteiger partial charge >= 0.3 is 0 Å². The summed E-state index contributed by atoms with van der Waals surface area (Å²) in [5, 5.41) is 4.72. The van der Waals surface area contributed by atoms with Crippen molar-refractivity contribution in [1.29, 1.82) is 0 Å². The van der Waals surface area contributed by atoms with E-state index in [4.69, 9.17) is 0 Å². The van der Waals surface area contributed by atoms with E-state index in [-0.39, 0.29) is 18.1 Å². The fraction of sp³-hybridized carbons (Fsp3) is 0.250. The minimum absolute atomic E-state index is 0.0916. The molecular formula is C20H21N3O. The minimum atomic E-state index is -0.168. The topological polar surface area (TPSA) is 48.1 Å². The van der Waals surface area contributed by atoms with E-state index in [1.807, 2.05) is 47.5 Å². The molecule has 0 bridgehead atoms.